The minimum atomic E-state index is -1.24. The highest BCUT2D eigenvalue weighted by Gasteiger charge is 2.30. The summed E-state index contributed by atoms with van der Waals surface area (Å²) in [6.07, 6.45) is 2.82. The number of carbonyl (C=O) groups is 4. The molecule has 0 bridgehead atoms. The number of benzene rings is 4. The molecule has 0 saturated heterocycles. The van der Waals surface area contributed by atoms with Crippen LogP contribution in [0.5, 0.6) is 11.5 Å². The van der Waals surface area contributed by atoms with Crippen LogP contribution in [0.15, 0.2) is 143 Å². The zero-order valence-electron chi connectivity index (χ0n) is 31.4. The summed E-state index contributed by atoms with van der Waals surface area (Å²) in [6, 6.07) is 35.0. The summed E-state index contributed by atoms with van der Waals surface area (Å²) in [5, 5.41) is 17.8. The fourth-order valence-electron chi connectivity index (χ4n) is 5.77. The van der Waals surface area contributed by atoms with Gasteiger partial charge in [-0.15, -0.1) is 23.5 Å². The van der Waals surface area contributed by atoms with Crippen LogP contribution in [-0.2, 0) is 34.1 Å². The third-order valence-electron chi connectivity index (χ3n) is 8.32. The summed E-state index contributed by atoms with van der Waals surface area (Å²) >= 11 is 3.01. The van der Waals surface area contributed by atoms with E-state index in [9.17, 15) is 19.2 Å². The van der Waals surface area contributed by atoms with Gasteiger partial charge in [0.05, 0.1) is 0 Å². The molecule has 2 atom stereocenters. The van der Waals surface area contributed by atoms with Crippen LogP contribution in [0.2, 0.25) is 0 Å². The Morgan fingerprint density at radius 3 is 1.30 bits per heavy atom. The van der Waals surface area contributed by atoms with E-state index in [1.807, 2.05) is 109 Å². The number of ether oxygens (including phenoxy) is 4. The van der Waals surface area contributed by atoms with Crippen LogP contribution in [0, 0.1) is 5.92 Å². The third kappa shape index (κ3) is 15.0. The first-order chi connectivity index (χ1) is 26.9. The fraction of sp³-hybridized carbons (Fsp3) is 0.273. The van der Waals surface area contributed by atoms with Crippen molar-refractivity contribution in [1.29, 1.82) is 0 Å². The zero-order valence-corrected chi connectivity index (χ0v) is 33.1. The van der Waals surface area contributed by atoms with Gasteiger partial charge < -0.3 is 29.2 Å². The van der Waals surface area contributed by atoms with E-state index in [2.05, 4.69) is 20.8 Å². The molecule has 4 rings (SSSR count). The fourth-order valence-corrected chi connectivity index (χ4v) is 7.55. The normalized spacial score (nSPS) is 13.5. The standard InChI is InChI=1S/C44H46O10S2/c1-31(2)26-44(3,32-14-18-34(19-15-32)51-27-36(53-42(49)24-22-40(45)46)29-55-38-10-6-4-7-11-38)33-16-20-35(21-17-33)52-28-37(54-43(50)25-23-41(47)48)30-56-39-12-8-5-9-13-39/h4-25,31,36-37H,26-30H2,1-3H3,(H,45,46)(H,47,48). The lowest BCUT2D eigenvalue weighted by atomic mass is 9.71. The molecule has 4 aromatic carbocycles. The minimum Gasteiger partial charge on any atom is -0.490 e. The van der Waals surface area contributed by atoms with Gasteiger partial charge in [-0.25, -0.2) is 19.2 Å². The lowest BCUT2D eigenvalue weighted by Crippen LogP contribution is -2.27. The number of aliphatic carboxylic acids is 2. The van der Waals surface area contributed by atoms with Crippen molar-refractivity contribution < 1.29 is 48.3 Å². The molecule has 0 radical (unpaired) electrons. The second kappa shape index (κ2) is 22.2. The average molecular weight is 799 g/mol. The number of thioether (sulfide) groups is 2. The predicted octanol–water partition coefficient (Wildman–Crippen LogP) is 8.49. The van der Waals surface area contributed by atoms with E-state index >= 15 is 0 Å². The summed E-state index contributed by atoms with van der Waals surface area (Å²) in [5.74, 6) is -1.64. The molecule has 294 valence electrons. The van der Waals surface area contributed by atoms with Crippen molar-refractivity contribution in [3.05, 3.63) is 145 Å². The van der Waals surface area contributed by atoms with Crippen molar-refractivity contribution in [3.63, 3.8) is 0 Å². The molecule has 10 nitrogen and oxygen atoms in total. The Kier molecular flexibility index (Phi) is 17.1. The molecule has 2 N–H and O–H groups in total. The molecule has 0 heterocycles. The maximum atomic E-state index is 12.3. The Labute approximate surface area is 335 Å². The second-order valence-electron chi connectivity index (χ2n) is 13.3. The number of carboxylic acids is 2. The number of carbonyl (C=O) groups excluding carboxylic acids is 2. The highest BCUT2D eigenvalue weighted by Crippen LogP contribution is 2.39. The Bertz CT molecular complexity index is 1780. The first kappa shape index (κ1) is 43.3. The van der Waals surface area contributed by atoms with E-state index in [0.717, 1.165) is 51.6 Å². The van der Waals surface area contributed by atoms with Crippen molar-refractivity contribution >= 4 is 47.4 Å². The monoisotopic (exact) mass is 798 g/mol. The first-order valence-corrected chi connectivity index (χ1v) is 19.9. The van der Waals surface area contributed by atoms with Gasteiger partial charge in [0.1, 0.15) is 36.9 Å². The minimum absolute atomic E-state index is 0.0700. The van der Waals surface area contributed by atoms with Crippen LogP contribution < -0.4 is 9.47 Å². The molecule has 0 saturated carbocycles. The van der Waals surface area contributed by atoms with E-state index in [4.69, 9.17) is 29.2 Å². The second-order valence-corrected chi connectivity index (χ2v) is 15.5. The molecular formula is C44H46O10S2. The molecule has 0 amide bonds. The topological polar surface area (TPSA) is 146 Å². The van der Waals surface area contributed by atoms with E-state index < -0.39 is 36.1 Å². The Morgan fingerprint density at radius 2 is 0.964 bits per heavy atom. The highest BCUT2D eigenvalue weighted by atomic mass is 32.2. The maximum absolute atomic E-state index is 12.3. The lowest BCUT2D eigenvalue weighted by Gasteiger charge is -2.33. The van der Waals surface area contributed by atoms with Crippen molar-refractivity contribution in [1.82, 2.24) is 0 Å². The van der Waals surface area contributed by atoms with Crippen LogP contribution in [0.1, 0.15) is 38.3 Å². The van der Waals surface area contributed by atoms with Crippen LogP contribution in [-0.4, -0.2) is 71.0 Å². The molecule has 0 fully saturated rings. The molecule has 0 aliphatic rings. The first-order valence-electron chi connectivity index (χ1n) is 17.9. The van der Waals surface area contributed by atoms with Crippen molar-refractivity contribution in [2.75, 3.05) is 24.7 Å². The smallest absolute Gasteiger partial charge is 0.331 e. The van der Waals surface area contributed by atoms with Crippen LogP contribution >= 0.6 is 23.5 Å². The number of rotatable bonds is 22. The summed E-state index contributed by atoms with van der Waals surface area (Å²) in [7, 11) is 0. The van der Waals surface area contributed by atoms with Gasteiger partial charge >= 0.3 is 23.9 Å². The molecule has 0 aromatic heterocycles. The van der Waals surface area contributed by atoms with Crippen molar-refractivity contribution in [3.8, 4) is 11.5 Å². The van der Waals surface area contributed by atoms with Crippen LogP contribution in [0.25, 0.3) is 0 Å². The molecule has 4 aromatic rings. The number of hydrogen-bond donors (Lipinski definition) is 2. The Morgan fingerprint density at radius 1 is 0.589 bits per heavy atom. The predicted molar refractivity (Wildman–Crippen MR) is 217 cm³/mol. The molecular weight excluding hydrogens is 753 g/mol. The van der Waals surface area contributed by atoms with Gasteiger partial charge in [-0.3, -0.25) is 0 Å². The maximum Gasteiger partial charge on any atom is 0.331 e. The molecule has 0 aliphatic heterocycles. The summed E-state index contributed by atoms with van der Waals surface area (Å²) in [5.41, 5.74) is 1.79. The van der Waals surface area contributed by atoms with Gasteiger partial charge in [0, 0.05) is 51.0 Å². The van der Waals surface area contributed by atoms with Crippen molar-refractivity contribution in [2.24, 2.45) is 5.92 Å². The Balaban J connectivity index is 1.43. The van der Waals surface area contributed by atoms with Gasteiger partial charge in [-0.2, -0.15) is 0 Å². The molecule has 0 aliphatic carbocycles. The average Bonchev–Trinajstić information content (AvgIpc) is 3.19. The summed E-state index contributed by atoms with van der Waals surface area (Å²) in [6.45, 7) is 6.68. The Hall–Kier alpha value is -5.46. The molecule has 12 heteroatoms. The summed E-state index contributed by atoms with van der Waals surface area (Å²) in [4.78, 5) is 48.4. The van der Waals surface area contributed by atoms with E-state index in [-0.39, 0.29) is 18.6 Å². The largest absolute Gasteiger partial charge is 0.490 e. The van der Waals surface area contributed by atoms with Gasteiger partial charge in [0.15, 0.2) is 0 Å². The van der Waals surface area contributed by atoms with E-state index in [0.29, 0.717) is 28.9 Å². The van der Waals surface area contributed by atoms with Crippen molar-refractivity contribution in [2.45, 2.75) is 54.6 Å². The number of hydrogen-bond acceptors (Lipinski definition) is 10. The van der Waals surface area contributed by atoms with Gasteiger partial charge in [-0.05, 0) is 72.0 Å². The van der Waals surface area contributed by atoms with E-state index in [1.54, 1.807) is 0 Å². The van der Waals surface area contributed by atoms with Gasteiger partial charge in [0.25, 0.3) is 0 Å². The number of carboxylic acid groups (broad SMARTS) is 2. The SMILES string of the molecule is CC(C)CC(C)(c1ccc(OCC(CSc2ccccc2)OC(=O)C=CC(=O)O)cc1)c1ccc(OCC(CSc2ccccc2)OC(=O)C=CC(=O)O)cc1. The zero-order chi connectivity index (χ0) is 40.3. The van der Waals surface area contributed by atoms with E-state index in [1.165, 1.54) is 23.5 Å². The van der Waals surface area contributed by atoms with Gasteiger partial charge in [-0.1, -0.05) is 81.4 Å². The van der Waals surface area contributed by atoms with Crippen LogP contribution in [0.4, 0.5) is 0 Å². The van der Waals surface area contributed by atoms with Crippen LogP contribution in [0.3, 0.4) is 0 Å². The summed E-state index contributed by atoms with van der Waals surface area (Å²) < 4.78 is 23.2. The number of esters is 2. The van der Waals surface area contributed by atoms with Gasteiger partial charge in [0.2, 0.25) is 0 Å². The molecule has 0 spiro atoms. The third-order valence-corrected chi connectivity index (χ3v) is 10.6. The molecule has 2 unspecified atom stereocenters. The quantitative estimate of drug-likeness (QED) is 0.0447. The highest BCUT2D eigenvalue weighted by molar-refractivity contribution is 7.99. The molecule has 56 heavy (non-hydrogen) atoms. The lowest BCUT2D eigenvalue weighted by molar-refractivity contribution is -0.144.